The van der Waals surface area contributed by atoms with Gasteiger partial charge in [-0.05, 0) is 6.92 Å². The minimum absolute atomic E-state index is 0.0200. The highest BCUT2D eigenvalue weighted by Gasteiger charge is 2.24. The lowest BCUT2D eigenvalue weighted by Crippen LogP contribution is -2.38. The summed E-state index contributed by atoms with van der Waals surface area (Å²) in [5, 5.41) is 4.32. The van der Waals surface area contributed by atoms with Gasteiger partial charge in [0.2, 0.25) is 11.9 Å². The molecule has 2 N–H and O–H groups in total. The van der Waals surface area contributed by atoms with Gasteiger partial charge in [0, 0.05) is 45.5 Å². The molecule has 0 bridgehead atoms. The van der Waals surface area contributed by atoms with E-state index in [4.69, 9.17) is 10.5 Å². The third-order valence-electron chi connectivity index (χ3n) is 3.95. The Morgan fingerprint density at radius 2 is 2.17 bits per heavy atom. The van der Waals surface area contributed by atoms with Crippen LogP contribution in [-0.4, -0.2) is 63.4 Å². The molecule has 9 nitrogen and oxygen atoms in total. The van der Waals surface area contributed by atoms with Gasteiger partial charge in [0.15, 0.2) is 0 Å². The van der Waals surface area contributed by atoms with Crippen molar-refractivity contribution in [1.29, 1.82) is 0 Å². The zero-order valence-corrected chi connectivity index (χ0v) is 14.4. The number of hydrogen-bond donors (Lipinski definition) is 1. The van der Waals surface area contributed by atoms with Crippen LogP contribution in [0.1, 0.15) is 24.4 Å². The van der Waals surface area contributed by atoms with Crippen molar-refractivity contribution in [2.24, 2.45) is 0 Å². The first kappa shape index (κ1) is 16.6. The topological polar surface area (TPSA) is 98.2 Å². The van der Waals surface area contributed by atoms with Gasteiger partial charge in [0.1, 0.15) is 5.82 Å². The Morgan fingerprint density at radius 1 is 1.33 bits per heavy atom. The molecule has 1 fully saturated rings. The molecule has 0 saturated carbocycles. The Morgan fingerprint density at radius 3 is 2.88 bits per heavy atom. The van der Waals surface area contributed by atoms with Gasteiger partial charge in [-0.3, -0.25) is 9.58 Å². The summed E-state index contributed by atoms with van der Waals surface area (Å²) in [6, 6.07) is 0. The Kier molecular flexibility index (Phi) is 4.91. The molecule has 0 aromatic carbocycles. The van der Waals surface area contributed by atoms with Crippen molar-refractivity contribution in [2.75, 3.05) is 44.4 Å². The molecule has 1 saturated heterocycles. The number of nitrogen functional groups attached to an aromatic ring is 1. The Labute approximate surface area is 141 Å². The Balaban J connectivity index is 1.69. The highest BCUT2D eigenvalue weighted by molar-refractivity contribution is 5.32. The summed E-state index contributed by atoms with van der Waals surface area (Å²) in [6.45, 7) is 5.82. The fraction of sp³-hybridized carbons (Fsp3) is 0.600. The van der Waals surface area contributed by atoms with Gasteiger partial charge in [-0.2, -0.15) is 20.1 Å². The van der Waals surface area contributed by atoms with Gasteiger partial charge in [-0.1, -0.05) is 0 Å². The molecule has 2 aromatic rings. The fourth-order valence-electron chi connectivity index (χ4n) is 2.66. The standard InChI is InChI=1S/C15H24N8O/c1-4-23-8-11(7-17-23)12-9-22(5-6-24-12)10-13-18-14(16)20-15(19-13)21(2)3/h7-8,12H,4-6,9-10H2,1-3H3,(H2,16,18,19,20)/t12-/m1/s1. The number of morpholine rings is 1. The number of aryl methyl sites for hydroxylation is 1. The van der Waals surface area contributed by atoms with E-state index in [1.54, 1.807) is 0 Å². The lowest BCUT2D eigenvalue weighted by molar-refractivity contribution is -0.0337. The van der Waals surface area contributed by atoms with Crippen LogP contribution in [0.4, 0.5) is 11.9 Å². The van der Waals surface area contributed by atoms with Crippen LogP contribution in [0.15, 0.2) is 12.4 Å². The van der Waals surface area contributed by atoms with Gasteiger partial charge in [-0.25, -0.2) is 0 Å². The first-order valence-corrected chi connectivity index (χ1v) is 8.09. The van der Waals surface area contributed by atoms with Crippen molar-refractivity contribution in [1.82, 2.24) is 29.6 Å². The second kappa shape index (κ2) is 7.10. The van der Waals surface area contributed by atoms with Crippen molar-refractivity contribution in [2.45, 2.75) is 26.1 Å². The van der Waals surface area contributed by atoms with Crippen molar-refractivity contribution in [3.63, 3.8) is 0 Å². The van der Waals surface area contributed by atoms with E-state index in [1.807, 2.05) is 36.1 Å². The van der Waals surface area contributed by atoms with Crippen LogP contribution < -0.4 is 10.6 Å². The van der Waals surface area contributed by atoms with Crippen molar-refractivity contribution < 1.29 is 4.74 Å². The predicted octanol–water partition coefficient (Wildman–Crippen LogP) is 0.310. The third kappa shape index (κ3) is 3.80. The van der Waals surface area contributed by atoms with E-state index in [1.165, 1.54) is 0 Å². The molecule has 0 spiro atoms. The lowest BCUT2D eigenvalue weighted by atomic mass is 10.1. The number of ether oxygens (including phenoxy) is 1. The van der Waals surface area contributed by atoms with Crippen LogP contribution in [0, 0.1) is 0 Å². The minimum atomic E-state index is 0.0200. The Bertz CT molecular complexity index is 686. The fourth-order valence-corrected chi connectivity index (χ4v) is 2.66. The second-order valence-corrected chi connectivity index (χ2v) is 6.03. The zero-order valence-electron chi connectivity index (χ0n) is 14.4. The predicted molar refractivity (Wildman–Crippen MR) is 90.4 cm³/mol. The van der Waals surface area contributed by atoms with Gasteiger partial charge >= 0.3 is 0 Å². The van der Waals surface area contributed by atoms with Crippen molar-refractivity contribution in [3.8, 4) is 0 Å². The maximum Gasteiger partial charge on any atom is 0.229 e. The van der Waals surface area contributed by atoms with E-state index in [-0.39, 0.29) is 12.1 Å². The average molecular weight is 332 g/mol. The smallest absolute Gasteiger partial charge is 0.229 e. The summed E-state index contributed by atoms with van der Waals surface area (Å²) in [6.07, 6.45) is 3.94. The van der Waals surface area contributed by atoms with E-state index in [0.29, 0.717) is 24.9 Å². The van der Waals surface area contributed by atoms with Crippen LogP contribution in [-0.2, 0) is 17.8 Å². The monoisotopic (exact) mass is 332 g/mol. The molecule has 0 amide bonds. The third-order valence-corrected chi connectivity index (χ3v) is 3.95. The quantitative estimate of drug-likeness (QED) is 0.835. The molecule has 2 aromatic heterocycles. The van der Waals surface area contributed by atoms with E-state index in [2.05, 4.69) is 31.9 Å². The SMILES string of the molecule is CCn1cc([C@H]2CN(Cc3nc(N)nc(N(C)C)n3)CCO2)cn1. The molecule has 0 aliphatic carbocycles. The first-order chi connectivity index (χ1) is 11.5. The number of anilines is 2. The van der Waals surface area contributed by atoms with Crippen LogP contribution in [0.25, 0.3) is 0 Å². The van der Waals surface area contributed by atoms with Gasteiger partial charge in [-0.15, -0.1) is 0 Å². The number of aromatic nitrogens is 5. The molecule has 3 rings (SSSR count). The van der Waals surface area contributed by atoms with E-state index < -0.39 is 0 Å². The molecular formula is C15H24N8O. The van der Waals surface area contributed by atoms with E-state index in [0.717, 1.165) is 25.2 Å². The van der Waals surface area contributed by atoms with E-state index >= 15 is 0 Å². The summed E-state index contributed by atoms with van der Waals surface area (Å²) in [4.78, 5) is 16.9. The largest absolute Gasteiger partial charge is 0.371 e. The van der Waals surface area contributed by atoms with Crippen LogP contribution in [0.2, 0.25) is 0 Å². The molecule has 1 aliphatic heterocycles. The minimum Gasteiger partial charge on any atom is -0.371 e. The molecule has 1 atom stereocenters. The van der Waals surface area contributed by atoms with Crippen molar-refractivity contribution in [3.05, 3.63) is 23.8 Å². The van der Waals surface area contributed by atoms with Crippen LogP contribution in [0.5, 0.6) is 0 Å². The van der Waals surface area contributed by atoms with Crippen LogP contribution >= 0.6 is 0 Å². The maximum absolute atomic E-state index is 5.89. The normalized spacial score (nSPS) is 18.7. The second-order valence-electron chi connectivity index (χ2n) is 6.03. The summed E-state index contributed by atoms with van der Waals surface area (Å²) < 4.78 is 7.80. The van der Waals surface area contributed by atoms with Gasteiger partial charge in [0.05, 0.1) is 25.5 Å². The molecule has 1 aliphatic rings. The van der Waals surface area contributed by atoms with Gasteiger partial charge in [0.25, 0.3) is 0 Å². The molecular weight excluding hydrogens is 308 g/mol. The highest BCUT2D eigenvalue weighted by Crippen LogP contribution is 2.22. The van der Waals surface area contributed by atoms with Crippen LogP contribution in [0.3, 0.4) is 0 Å². The molecule has 24 heavy (non-hydrogen) atoms. The lowest BCUT2D eigenvalue weighted by Gasteiger charge is -2.32. The average Bonchev–Trinajstić information content (AvgIpc) is 3.03. The molecule has 130 valence electrons. The van der Waals surface area contributed by atoms with E-state index in [9.17, 15) is 0 Å². The zero-order chi connectivity index (χ0) is 17.1. The number of rotatable bonds is 5. The highest BCUT2D eigenvalue weighted by atomic mass is 16.5. The number of hydrogen-bond acceptors (Lipinski definition) is 8. The molecule has 9 heteroatoms. The summed E-state index contributed by atoms with van der Waals surface area (Å²) in [5.74, 6) is 1.50. The summed E-state index contributed by atoms with van der Waals surface area (Å²) in [7, 11) is 3.77. The summed E-state index contributed by atoms with van der Waals surface area (Å²) >= 11 is 0. The molecule has 0 radical (unpaired) electrons. The summed E-state index contributed by atoms with van der Waals surface area (Å²) in [5.41, 5.74) is 6.90. The first-order valence-electron chi connectivity index (χ1n) is 8.09. The molecule has 0 unspecified atom stereocenters. The number of nitrogens with two attached hydrogens (primary N) is 1. The maximum atomic E-state index is 5.89. The van der Waals surface area contributed by atoms with Crippen molar-refractivity contribution >= 4 is 11.9 Å². The van der Waals surface area contributed by atoms with Gasteiger partial charge < -0.3 is 15.4 Å². The molecule has 3 heterocycles. The Hall–Kier alpha value is -2.26. The number of nitrogens with zero attached hydrogens (tertiary/aromatic N) is 7.